The summed E-state index contributed by atoms with van der Waals surface area (Å²) in [6.07, 6.45) is 3.00. The van der Waals surface area contributed by atoms with E-state index in [2.05, 4.69) is 39.3 Å². The normalized spacial score (nSPS) is 20.0. The molecular formula is C13H40O8Si8. The van der Waals surface area contributed by atoms with Gasteiger partial charge in [-0.2, -0.15) is 0 Å². The molecule has 172 valence electrons. The van der Waals surface area contributed by atoms with Gasteiger partial charge in [0.05, 0.1) is 5.16 Å². The summed E-state index contributed by atoms with van der Waals surface area (Å²) in [7, 11) is -10.8. The van der Waals surface area contributed by atoms with Crippen molar-refractivity contribution < 1.29 is 34.6 Å². The maximum Gasteiger partial charge on any atom is 0.476 e. The van der Waals surface area contributed by atoms with Crippen molar-refractivity contribution in [3.8, 4) is 0 Å². The summed E-state index contributed by atoms with van der Waals surface area (Å²) in [5, 5.41) is 9.05. The average molecular weight is 549 g/mol. The molecule has 0 aromatic carbocycles. The molecule has 0 bridgehead atoms. The minimum absolute atomic E-state index is 0.160. The second kappa shape index (κ2) is 16.4. The fourth-order valence-electron chi connectivity index (χ4n) is 3.18. The summed E-state index contributed by atoms with van der Waals surface area (Å²) in [5.41, 5.74) is 0.341. The Labute approximate surface area is 192 Å². The monoisotopic (exact) mass is 548 g/mol. The van der Waals surface area contributed by atoms with E-state index in [0.29, 0.717) is 18.4 Å². The van der Waals surface area contributed by atoms with Crippen LogP contribution >= 0.6 is 0 Å². The Bertz CT molecular complexity index is 437. The van der Waals surface area contributed by atoms with E-state index in [-0.39, 0.29) is 5.16 Å². The lowest BCUT2D eigenvalue weighted by atomic mass is 10.2. The third-order valence-electron chi connectivity index (χ3n) is 4.17. The fraction of sp³-hybridized carbons (Fsp3) is 0.769. The molecule has 0 aromatic rings. The van der Waals surface area contributed by atoms with Crippen LogP contribution in [0.5, 0.6) is 0 Å². The summed E-state index contributed by atoms with van der Waals surface area (Å²) in [4.78, 5) is 11.2. The van der Waals surface area contributed by atoms with Gasteiger partial charge >= 0.3 is 23.6 Å². The highest BCUT2D eigenvalue weighted by Crippen LogP contribution is 2.40. The highest BCUT2D eigenvalue weighted by molar-refractivity contribution is 6.90. The molecule has 29 heavy (non-hydrogen) atoms. The Morgan fingerprint density at radius 2 is 1.10 bits per heavy atom. The second-order valence-electron chi connectivity index (χ2n) is 6.13. The van der Waals surface area contributed by atoms with E-state index in [0.717, 1.165) is 0 Å². The van der Waals surface area contributed by atoms with Crippen LogP contribution in [0.4, 0.5) is 0 Å². The molecule has 0 saturated heterocycles. The van der Waals surface area contributed by atoms with E-state index >= 15 is 0 Å². The van der Waals surface area contributed by atoms with Crippen LogP contribution in [0.2, 0.25) is 44.4 Å². The zero-order valence-corrected chi connectivity index (χ0v) is 29.6. The first-order valence-electron chi connectivity index (χ1n) is 10.6. The lowest BCUT2D eigenvalue weighted by molar-refractivity contribution is -0.132. The number of hydrogen-bond acceptors (Lipinski definition) is 7. The lowest BCUT2D eigenvalue weighted by Gasteiger charge is -2.44. The Balaban J connectivity index is 6.32. The van der Waals surface area contributed by atoms with Gasteiger partial charge in [-0.3, -0.25) is 0 Å². The van der Waals surface area contributed by atoms with E-state index in [1.165, 1.54) is 0 Å². The molecule has 0 aromatic heterocycles. The van der Waals surface area contributed by atoms with Crippen LogP contribution in [-0.4, -0.2) is 87.3 Å². The van der Waals surface area contributed by atoms with Gasteiger partial charge in [-0.15, -0.1) is 0 Å². The van der Waals surface area contributed by atoms with Crippen molar-refractivity contribution in [3.63, 3.8) is 0 Å². The Kier molecular flexibility index (Phi) is 16.8. The molecule has 0 unspecified atom stereocenters. The van der Waals surface area contributed by atoms with Crippen molar-refractivity contribution in [2.24, 2.45) is 0 Å². The van der Waals surface area contributed by atoms with Crippen molar-refractivity contribution in [1.82, 2.24) is 0 Å². The summed E-state index contributed by atoms with van der Waals surface area (Å²) in [5.74, 6) is -0.896. The van der Waals surface area contributed by atoms with E-state index < -0.39 is 82.2 Å². The molecule has 0 fully saturated rings. The van der Waals surface area contributed by atoms with Gasteiger partial charge in [-0.1, -0.05) is 45.4 Å². The molecule has 16 heteroatoms. The molecule has 0 rings (SSSR count). The number of carbonyl (C=O) groups is 1. The van der Waals surface area contributed by atoms with Gasteiger partial charge in [0.15, 0.2) is 0 Å². The van der Waals surface area contributed by atoms with E-state index in [1.807, 2.05) is 0 Å². The molecule has 0 spiro atoms. The number of carboxylic acid groups (broad SMARTS) is 1. The van der Waals surface area contributed by atoms with Crippen LogP contribution in [0, 0.1) is 0 Å². The molecule has 0 atom stereocenters. The summed E-state index contributed by atoms with van der Waals surface area (Å²) in [6, 6.07) is 0. The number of rotatable bonds is 18. The second-order valence-corrected chi connectivity index (χ2v) is 20.9. The predicted octanol–water partition coefficient (Wildman–Crippen LogP) is -1.52. The van der Waals surface area contributed by atoms with Gasteiger partial charge in [0.1, 0.15) is 58.6 Å². The molecule has 0 radical (unpaired) electrons. The SMILES string of the molecule is C[SiH2]O[Si](O[SiH2]C)(O[SiH2]C)C(CCC=C(C)C(=O)O)[Si](O[SiH2]C)(O[SiH2]C)O[SiH2]C. The Morgan fingerprint density at radius 1 is 0.793 bits per heavy atom. The van der Waals surface area contributed by atoms with Gasteiger partial charge in [0.2, 0.25) is 0 Å². The lowest BCUT2D eigenvalue weighted by Crippen LogP contribution is -2.65. The van der Waals surface area contributed by atoms with Crippen molar-refractivity contribution in [2.45, 2.75) is 64.2 Å². The number of aliphatic carboxylic acids is 1. The van der Waals surface area contributed by atoms with Crippen molar-refractivity contribution >= 4 is 82.2 Å². The van der Waals surface area contributed by atoms with Gasteiger partial charge < -0.3 is 29.8 Å². The Morgan fingerprint density at radius 3 is 1.34 bits per heavy atom. The molecule has 8 nitrogen and oxygen atoms in total. The molecule has 0 aliphatic heterocycles. The van der Waals surface area contributed by atoms with Crippen LogP contribution in [0.1, 0.15) is 19.8 Å². The third-order valence-corrected chi connectivity index (χ3v) is 25.2. The molecular weight excluding hydrogens is 509 g/mol. The largest absolute Gasteiger partial charge is 0.478 e. The minimum atomic E-state index is -3.01. The van der Waals surface area contributed by atoms with Crippen LogP contribution in [0.3, 0.4) is 0 Å². The van der Waals surface area contributed by atoms with Crippen molar-refractivity contribution in [1.29, 1.82) is 0 Å². The van der Waals surface area contributed by atoms with Crippen LogP contribution in [-0.2, 0) is 29.5 Å². The molecule has 0 heterocycles. The molecule has 0 saturated carbocycles. The predicted molar refractivity (Wildman–Crippen MR) is 139 cm³/mol. The molecule has 0 aliphatic rings. The number of hydrogen-bond donors (Lipinski definition) is 1. The highest BCUT2D eigenvalue weighted by atomic mass is 28.5. The van der Waals surface area contributed by atoms with Gasteiger partial charge in [-0.25, -0.2) is 4.79 Å². The van der Waals surface area contributed by atoms with E-state index in [9.17, 15) is 9.90 Å². The van der Waals surface area contributed by atoms with Crippen molar-refractivity contribution in [3.05, 3.63) is 11.6 Å². The Hall–Kier alpha value is 0.705. The molecule has 0 aliphatic carbocycles. The average Bonchev–Trinajstić information content (AvgIpc) is 2.66. The molecule has 1 N–H and O–H groups in total. The van der Waals surface area contributed by atoms with Gasteiger partial charge in [0.25, 0.3) is 0 Å². The smallest absolute Gasteiger partial charge is 0.476 e. The zero-order valence-electron chi connectivity index (χ0n) is 19.1. The maximum atomic E-state index is 11.2. The fourth-order valence-corrected chi connectivity index (χ4v) is 31.4. The zero-order chi connectivity index (χ0) is 22.3. The quantitative estimate of drug-likeness (QED) is 0.163. The maximum absolute atomic E-state index is 11.2. The summed E-state index contributed by atoms with van der Waals surface area (Å²) in [6.45, 7) is 14.2. The van der Waals surface area contributed by atoms with Crippen LogP contribution in [0.25, 0.3) is 0 Å². The van der Waals surface area contributed by atoms with Crippen LogP contribution < -0.4 is 0 Å². The number of carboxylic acids is 1. The van der Waals surface area contributed by atoms with Crippen LogP contribution in [0.15, 0.2) is 11.6 Å². The topological polar surface area (TPSA) is 92.7 Å². The standard InChI is InChI=1S/C13H40O8Si8/c1-11(13(14)15)9-8-10-12(28(16-22-2,17-23-3)18-24-4)29(19-25-5,20-26-6)21-27-7/h9,12H,8,10,22-27H2,1-7H3,(H,14,15). The van der Waals surface area contributed by atoms with Gasteiger partial charge in [-0.05, 0) is 19.8 Å². The van der Waals surface area contributed by atoms with E-state index in [4.69, 9.17) is 24.7 Å². The van der Waals surface area contributed by atoms with Crippen molar-refractivity contribution in [2.75, 3.05) is 0 Å². The summed E-state index contributed by atoms with van der Waals surface area (Å²) < 4.78 is 38.6. The van der Waals surface area contributed by atoms with E-state index in [1.54, 1.807) is 13.0 Å². The first-order chi connectivity index (χ1) is 13.8. The van der Waals surface area contributed by atoms with Gasteiger partial charge in [0, 0.05) is 5.57 Å². The number of allylic oxidation sites excluding steroid dienone is 1. The minimum Gasteiger partial charge on any atom is -0.478 e. The molecule has 0 amide bonds. The highest BCUT2D eigenvalue weighted by Gasteiger charge is 2.63. The third kappa shape index (κ3) is 9.38. The first kappa shape index (κ1) is 29.7. The summed E-state index contributed by atoms with van der Waals surface area (Å²) >= 11 is 0. The first-order valence-corrected chi connectivity index (χ1v) is 26.1.